The summed E-state index contributed by atoms with van der Waals surface area (Å²) in [7, 11) is 3.08. The maximum atomic E-state index is 12.9. The summed E-state index contributed by atoms with van der Waals surface area (Å²) >= 11 is 0. The topological polar surface area (TPSA) is 88.0 Å². The molecular weight excluding hydrogens is 370 g/mol. The minimum absolute atomic E-state index is 0.0551. The smallest absolute Gasteiger partial charge is 0.336 e. The van der Waals surface area contributed by atoms with Gasteiger partial charge in [0, 0.05) is 31.0 Å². The summed E-state index contributed by atoms with van der Waals surface area (Å²) in [4.78, 5) is 12.9. The maximum absolute atomic E-state index is 12.9. The van der Waals surface area contributed by atoms with Crippen molar-refractivity contribution in [3.63, 3.8) is 0 Å². The van der Waals surface area contributed by atoms with Crippen LogP contribution in [0, 0.1) is 29.6 Å². The van der Waals surface area contributed by atoms with Crippen molar-refractivity contribution in [2.24, 2.45) is 29.6 Å². The average Bonchev–Trinajstić information content (AvgIpc) is 2.95. The first-order valence-electron chi connectivity index (χ1n) is 11.4. The molecule has 1 heterocycles. The fourth-order valence-electron chi connectivity index (χ4n) is 8.08. The summed E-state index contributed by atoms with van der Waals surface area (Å²) in [6.45, 7) is 2.22. The monoisotopic (exact) mass is 405 g/mol. The molecule has 0 aromatic rings. The zero-order valence-electron chi connectivity index (χ0n) is 17.8. The van der Waals surface area contributed by atoms with Gasteiger partial charge >= 0.3 is 5.97 Å². The average molecular weight is 406 g/mol. The molecule has 5 aliphatic rings. The number of carbonyl (C=O) groups is 1. The number of hydrogen-bond donors (Lipinski definition) is 3. The van der Waals surface area contributed by atoms with E-state index in [4.69, 9.17) is 9.47 Å². The van der Waals surface area contributed by atoms with Crippen LogP contribution in [0.25, 0.3) is 0 Å². The zero-order valence-corrected chi connectivity index (χ0v) is 17.8. The summed E-state index contributed by atoms with van der Waals surface area (Å²) in [5, 5.41) is 27.2. The molecule has 3 N–H and O–H groups in total. The Kier molecular flexibility index (Phi) is 4.85. The van der Waals surface area contributed by atoms with Crippen LogP contribution in [0.3, 0.4) is 0 Å². The molecule has 0 amide bonds. The van der Waals surface area contributed by atoms with Gasteiger partial charge in [0.2, 0.25) is 0 Å². The van der Waals surface area contributed by atoms with Gasteiger partial charge in [0.1, 0.15) is 0 Å². The number of fused-ring (bicyclic) bond motifs is 9. The van der Waals surface area contributed by atoms with Crippen LogP contribution in [0.5, 0.6) is 0 Å². The van der Waals surface area contributed by atoms with Crippen molar-refractivity contribution in [2.45, 2.75) is 81.8 Å². The molecule has 5 rings (SSSR count). The van der Waals surface area contributed by atoms with Crippen LogP contribution < -0.4 is 5.32 Å². The van der Waals surface area contributed by atoms with Crippen molar-refractivity contribution in [2.75, 3.05) is 14.2 Å². The molecule has 0 aromatic carbocycles. The Labute approximate surface area is 173 Å². The number of aliphatic hydroxyl groups is 2. The van der Waals surface area contributed by atoms with Crippen LogP contribution in [-0.2, 0) is 14.3 Å². The Balaban J connectivity index is 1.66. The molecule has 0 radical (unpaired) electrons. The molecule has 162 valence electrons. The van der Waals surface area contributed by atoms with Gasteiger partial charge < -0.3 is 25.0 Å². The van der Waals surface area contributed by atoms with Gasteiger partial charge in [-0.2, -0.15) is 0 Å². The number of methoxy groups -OCH3 is 2. The van der Waals surface area contributed by atoms with Crippen molar-refractivity contribution >= 4 is 5.97 Å². The van der Waals surface area contributed by atoms with Crippen LogP contribution in [0.4, 0.5) is 0 Å². The molecule has 1 aliphatic heterocycles. The van der Waals surface area contributed by atoms with E-state index in [0.29, 0.717) is 24.0 Å². The second-order valence-corrected chi connectivity index (χ2v) is 10.2. The van der Waals surface area contributed by atoms with E-state index in [9.17, 15) is 15.0 Å². The Morgan fingerprint density at radius 1 is 1.21 bits per heavy atom. The van der Waals surface area contributed by atoms with E-state index in [0.717, 1.165) is 44.1 Å². The Hall–Kier alpha value is -0.950. The Bertz CT molecular complexity index is 722. The van der Waals surface area contributed by atoms with Gasteiger partial charge in [-0.3, -0.25) is 0 Å². The lowest BCUT2D eigenvalue weighted by atomic mass is 9.59. The highest BCUT2D eigenvalue weighted by atomic mass is 16.5. The molecule has 0 spiro atoms. The van der Waals surface area contributed by atoms with Crippen molar-refractivity contribution in [3.8, 4) is 0 Å². The predicted octanol–water partition coefficient (Wildman–Crippen LogP) is 1.79. The van der Waals surface area contributed by atoms with Gasteiger partial charge in [0.15, 0.2) is 0 Å². The molecule has 0 aromatic heterocycles. The molecule has 6 heteroatoms. The van der Waals surface area contributed by atoms with Crippen LogP contribution in [0.1, 0.15) is 51.9 Å². The first kappa shape index (κ1) is 20.0. The zero-order chi connectivity index (χ0) is 20.5. The third-order valence-corrected chi connectivity index (χ3v) is 9.02. The molecular formula is C23H35NO5. The van der Waals surface area contributed by atoms with E-state index in [1.807, 2.05) is 0 Å². The van der Waals surface area contributed by atoms with Crippen molar-refractivity contribution in [3.05, 3.63) is 11.1 Å². The molecule has 4 aliphatic carbocycles. The van der Waals surface area contributed by atoms with Crippen molar-refractivity contribution < 1.29 is 24.5 Å². The fourth-order valence-corrected chi connectivity index (χ4v) is 8.08. The van der Waals surface area contributed by atoms with Gasteiger partial charge in [0.25, 0.3) is 0 Å². The third-order valence-electron chi connectivity index (χ3n) is 9.02. The minimum atomic E-state index is -1.01. The lowest BCUT2D eigenvalue weighted by Crippen LogP contribution is -2.58. The summed E-state index contributed by atoms with van der Waals surface area (Å²) in [5.41, 5.74) is 0.150. The molecule has 2 bridgehead atoms. The number of aliphatic hydroxyl groups excluding tert-OH is 1. The molecule has 10 atom stereocenters. The molecule has 1 saturated heterocycles. The van der Waals surface area contributed by atoms with Crippen LogP contribution >= 0.6 is 0 Å². The number of ether oxygens (including phenoxy) is 2. The Morgan fingerprint density at radius 2 is 2.00 bits per heavy atom. The second kappa shape index (κ2) is 7.04. The Morgan fingerprint density at radius 3 is 2.72 bits per heavy atom. The van der Waals surface area contributed by atoms with Gasteiger partial charge in [-0.1, -0.05) is 6.42 Å². The number of hydrogen-bond acceptors (Lipinski definition) is 6. The summed E-state index contributed by atoms with van der Waals surface area (Å²) in [6.07, 6.45) is 5.74. The van der Waals surface area contributed by atoms with E-state index < -0.39 is 17.7 Å². The molecule has 3 saturated carbocycles. The fraction of sp³-hybridized carbons (Fsp3) is 0.870. The van der Waals surface area contributed by atoms with E-state index in [1.165, 1.54) is 7.11 Å². The van der Waals surface area contributed by atoms with Gasteiger partial charge in [-0.05, 0) is 68.8 Å². The van der Waals surface area contributed by atoms with Gasteiger partial charge in [-0.25, -0.2) is 4.79 Å². The first-order chi connectivity index (χ1) is 13.9. The van der Waals surface area contributed by atoms with Crippen molar-refractivity contribution in [1.29, 1.82) is 0 Å². The lowest BCUT2D eigenvalue weighted by molar-refractivity contribution is -0.141. The maximum Gasteiger partial charge on any atom is 0.336 e. The summed E-state index contributed by atoms with van der Waals surface area (Å²) < 4.78 is 10.9. The van der Waals surface area contributed by atoms with Gasteiger partial charge in [-0.15, -0.1) is 0 Å². The van der Waals surface area contributed by atoms with Crippen LogP contribution in [0.15, 0.2) is 11.1 Å². The van der Waals surface area contributed by atoms with Crippen molar-refractivity contribution in [1.82, 2.24) is 5.32 Å². The second-order valence-electron chi connectivity index (χ2n) is 10.2. The summed E-state index contributed by atoms with van der Waals surface area (Å²) in [6, 6.07) is 0.733. The molecule has 4 fully saturated rings. The van der Waals surface area contributed by atoms with E-state index in [2.05, 4.69) is 12.2 Å². The molecule has 29 heavy (non-hydrogen) atoms. The molecule has 0 unspecified atom stereocenters. The largest absolute Gasteiger partial charge is 0.466 e. The van der Waals surface area contributed by atoms with Crippen LogP contribution in [-0.4, -0.2) is 60.3 Å². The highest BCUT2D eigenvalue weighted by Gasteiger charge is 2.66. The first-order valence-corrected chi connectivity index (χ1v) is 11.4. The highest BCUT2D eigenvalue weighted by molar-refractivity contribution is 5.91. The predicted molar refractivity (Wildman–Crippen MR) is 107 cm³/mol. The third kappa shape index (κ3) is 2.72. The number of carbonyl (C=O) groups excluding carboxylic acids is 1. The number of piperidine rings is 1. The number of rotatable bonds is 2. The highest BCUT2D eigenvalue weighted by Crippen LogP contribution is 2.64. The molecule has 6 nitrogen and oxygen atoms in total. The minimum Gasteiger partial charge on any atom is -0.466 e. The number of nitrogens with one attached hydrogen (secondary N) is 1. The normalized spacial score (nSPS) is 51.1. The SMILES string of the molecule is COC(=O)C1=C2[C@H]([C@@H]3C[C@@H]4N[C@H](C)CC[C@@H]4[C@@]2(O)C3)[C@H]2CCC[C@@H](OC)[C@@H]2[C@H]1O. The van der Waals surface area contributed by atoms with E-state index >= 15 is 0 Å². The quantitative estimate of drug-likeness (QED) is 0.607. The van der Waals surface area contributed by atoms with Crippen LogP contribution in [0.2, 0.25) is 0 Å². The standard InChI is InChI=1S/C23H35NO5/c1-11-7-8-14-15(24-11)9-12-10-23(14,27)20-17(12)13-5-4-6-16(28-2)18(13)21(25)19(20)22(26)29-3/h11-18,21,24-25,27H,4-10H2,1-3H3/t11-,12-,13-,14+,15+,16-,17-,18-,21-,23+/m1/s1. The lowest BCUT2D eigenvalue weighted by Gasteiger charge is -2.49. The summed E-state index contributed by atoms with van der Waals surface area (Å²) in [5.74, 6) is 0.246. The number of esters is 1. The van der Waals surface area contributed by atoms with Gasteiger partial charge in [0.05, 0.1) is 30.5 Å². The van der Waals surface area contributed by atoms with E-state index in [1.54, 1.807) is 7.11 Å². The van der Waals surface area contributed by atoms with E-state index in [-0.39, 0.29) is 35.8 Å².